The number of nitrogens with zero attached hydrogens (tertiary/aromatic N) is 3. The number of fused-ring (bicyclic) bond motifs is 1. The minimum absolute atomic E-state index is 0.0378. The molecular weight excluding hydrogens is 386 g/mol. The van der Waals surface area contributed by atoms with Crippen molar-refractivity contribution in [2.45, 2.75) is 25.2 Å². The molecule has 1 N–H and O–H groups in total. The Labute approximate surface area is 164 Å². The van der Waals surface area contributed by atoms with Gasteiger partial charge in [0.05, 0.1) is 29.3 Å². The van der Waals surface area contributed by atoms with Gasteiger partial charge in [0.2, 0.25) is 0 Å². The third-order valence-electron chi connectivity index (χ3n) is 4.69. The van der Waals surface area contributed by atoms with Gasteiger partial charge in [0.1, 0.15) is 5.82 Å². The highest BCUT2D eigenvalue weighted by Gasteiger charge is 2.28. The van der Waals surface area contributed by atoms with Crippen LogP contribution >= 0.6 is 11.6 Å². The van der Waals surface area contributed by atoms with Crippen LogP contribution in [0.25, 0.3) is 21.4 Å². The molecule has 0 saturated heterocycles. The number of nitrogens with one attached hydrogen (secondary N) is 1. The molecule has 1 heterocycles. The Morgan fingerprint density at radius 3 is 2.71 bits per heavy atom. The molecule has 5 nitrogen and oxygen atoms in total. The maximum absolute atomic E-state index is 12.8. The van der Waals surface area contributed by atoms with Crippen molar-refractivity contribution in [3.63, 3.8) is 0 Å². The van der Waals surface area contributed by atoms with Crippen LogP contribution in [-0.4, -0.2) is 22.5 Å². The number of anilines is 1. The summed E-state index contributed by atoms with van der Waals surface area (Å²) in [6, 6.07) is 10.3. The van der Waals surface area contributed by atoms with Gasteiger partial charge in [-0.3, -0.25) is 4.57 Å². The van der Waals surface area contributed by atoms with Crippen molar-refractivity contribution in [3.8, 4) is 5.69 Å². The van der Waals surface area contributed by atoms with E-state index >= 15 is 0 Å². The summed E-state index contributed by atoms with van der Waals surface area (Å²) in [6.07, 6.45) is -0.647. The molecule has 0 aliphatic heterocycles. The predicted molar refractivity (Wildman–Crippen MR) is 105 cm³/mol. The molecule has 0 spiro atoms. The maximum Gasteiger partial charge on any atom is 0.354 e. The normalized spacial score (nSPS) is 13.7. The van der Waals surface area contributed by atoms with E-state index in [-0.39, 0.29) is 11.7 Å². The Balaban J connectivity index is 2.04. The summed E-state index contributed by atoms with van der Waals surface area (Å²) in [5.74, 6) is 0.310. The summed E-state index contributed by atoms with van der Waals surface area (Å²) in [7, 11) is 0. The Morgan fingerprint density at radius 2 is 2.07 bits per heavy atom. The average molecular weight is 401 g/mol. The van der Waals surface area contributed by atoms with E-state index in [1.54, 1.807) is 36.4 Å². The topological polar surface area (TPSA) is 51.3 Å². The standard InChI is InChI=1S/C20H15ClF2N4O/c1-24-15-8-13-17(9-12(15)11-6-7-11)27(16-5-3-2-4-14(16)21)20(28)26-19(13)25-10-18(22)23/h2-5,8-9,11,18H,6-7,10H2,(H,25,26,28). The molecule has 1 fully saturated rings. The Hall–Kier alpha value is -2.98. The van der Waals surface area contributed by atoms with Crippen molar-refractivity contribution in [2.75, 3.05) is 11.9 Å². The van der Waals surface area contributed by atoms with Gasteiger partial charge in [0, 0.05) is 5.39 Å². The van der Waals surface area contributed by atoms with Crippen LogP contribution in [-0.2, 0) is 0 Å². The third-order valence-corrected chi connectivity index (χ3v) is 5.01. The van der Waals surface area contributed by atoms with Crippen molar-refractivity contribution in [1.82, 2.24) is 9.55 Å². The minimum Gasteiger partial charge on any atom is -0.364 e. The first-order chi connectivity index (χ1) is 13.5. The number of hydrogen-bond acceptors (Lipinski definition) is 3. The Kier molecular flexibility index (Phi) is 4.73. The summed E-state index contributed by atoms with van der Waals surface area (Å²) in [5.41, 5.74) is 1.60. The summed E-state index contributed by atoms with van der Waals surface area (Å²) < 4.78 is 26.8. The molecule has 0 radical (unpaired) electrons. The van der Waals surface area contributed by atoms with Crippen LogP contribution in [0, 0.1) is 6.57 Å². The van der Waals surface area contributed by atoms with E-state index in [4.69, 9.17) is 18.2 Å². The van der Waals surface area contributed by atoms with E-state index in [9.17, 15) is 13.6 Å². The molecule has 8 heteroatoms. The molecule has 1 saturated carbocycles. The largest absolute Gasteiger partial charge is 0.364 e. The predicted octanol–water partition coefficient (Wildman–Crippen LogP) is 5.14. The molecule has 4 rings (SSSR count). The van der Waals surface area contributed by atoms with Gasteiger partial charge in [-0.05, 0) is 48.6 Å². The van der Waals surface area contributed by atoms with Gasteiger partial charge < -0.3 is 5.32 Å². The SMILES string of the molecule is [C-]#[N+]c1cc2c(NCC(F)F)nc(=O)n(-c3ccccc3Cl)c2cc1C1CC1. The van der Waals surface area contributed by atoms with Crippen molar-refractivity contribution < 1.29 is 8.78 Å². The number of hydrogen-bond donors (Lipinski definition) is 1. The monoisotopic (exact) mass is 400 g/mol. The lowest BCUT2D eigenvalue weighted by Crippen LogP contribution is -2.25. The van der Waals surface area contributed by atoms with E-state index in [1.807, 2.05) is 0 Å². The molecule has 0 atom stereocenters. The molecule has 1 aromatic heterocycles. The van der Waals surface area contributed by atoms with Crippen LogP contribution in [0.1, 0.15) is 24.3 Å². The summed E-state index contributed by atoms with van der Waals surface area (Å²) in [5, 5.41) is 3.32. The maximum atomic E-state index is 12.8. The van der Waals surface area contributed by atoms with Crippen LogP contribution in [0.15, 0.2) is 41.2 Å². The van der Waals surface area contributed by atoms with E-state index in [0.29, 0.717) is 27.3 Å². The van der Waals surface area contributed by atoms with E-state index in [1.165, 1.54) is 4.57 Å². The molecule has 0 bridgehead atoms. The Bertz CT molecular complexity index is 1170. The fourth-order valence-electron chi connectivity index (χ4n) is 3.27. The van der Waals surface area contributed by atoms with Gasteiger partial charge in [-0.1, -0.05) is 23.7 Å². The fourth-order valence-corrected chi connectivity index (χ4v) is 3.49. The third kappa shape index (κ3) is 3.32. The lowest BCUT2D eigenvalue weighted by Gasteiger charge is -2.16. The number of aromatic nitrogens is 2. The highest BCUT2D eigenvalue weighted by atomic mass is 35.5. The lowest BCUT2D eigenvalue weighted by molar-refractivity contribution is 0.163. The quantitative estimate of drug-likeness (QED) is 0.603. The minimum atomic E-state index is -2.60. The number of para-hydroxylation sites is 1. The Morgan fingerprint density at radius 1 is 1.32 bits per heavy atom. The van der Waals surface area contributed by atoms with Crippen molar-refractivity contribution >= 4 is 34.0 Å². The first kappa shape index (κ1) is 18.4. The van der Waals surface area contributed by atoms with Crippen LogP contribution in [0.3, 0.4) is 0 Å². The molecule has 2 aromatic carbocycles. The first-order valence-corrected chi connectivity index (χ1v) is 9.12. The zero-order chi connectivity index (χ0) is 19.8. The van der Waals surface area contributed by atoms with Gasteiger partial charge in [-0.2, -0.15) is 4.98 Å². The molecule has 3 aromatic rings. The molecule has 0 unspecified atom stereocenters. The van der Waals surface area contributed by atoms with Gasteiger partial charge >= 0.3 is 5.69 Å². The zero-order valence-corrected chi connectivity index (χ0v) is 15.4. The summed E-state index contributed by atoms with van der Waals surface area (Å²) in [4.78, 5) is 20.4. The van der Waals surface area contributed by atoms with Crippen molar-refractivity contribution in [2.24, 2.45) is 0 Å². The van der Waals surface area contributed by atoms with Gasteiger partial charge in [0.25, 0.3) is 6.43 Å². The average Bonchev–Trinajstić information content (AvgIpc) is 3.51. The van der Waals surface area contributed by atoms with Gasteiger partial charge in [0.15, 0.2) is 5.69 Å². The number of rotatable bonds is 5. The van der Waals surface area contributed by atoms with Crippen LogP contribution in [0.5, 0.6) is 0 Å². The fraction of sp³-hybridized carbons (Fsp3) is 0.250. The molecule has 28 heavy (non-hydrogen) atoms. The number of benzene rings is 2. The first-order valence-electron chi connectivity index (χ1n) is 8.74. The molecular formula is C20H15ClF2N4O. The second-order valence-corrected chi connectivity index (χ2v) is 7.02. The molecule has 0 amide bonds. The van der Waals surface area contributed by atoms with Gasteiger partial charge in [-0.25, -0.2) is 18.4 Å². The van der Waals surface area contributed by atoms with Crippen LogP contribution in [0.2, 0.25) is 5.02 Å². The van der Waals surface area contributed by atoms with Crippen molar-refractivity contribution in [3.05, 3.63) is 68.9 Å². The zero-order valence-electron chi connectivity index (χ0n) is 14.6. The summed E-state index contributed by atoms with van der Waals surface area (Å²) >= 11 is 6.30. The van der Waals surface area contributed by atoms with Gasteiger partial charge in [-0.15, -0.1) is 0 Å². The van der Waals surface area contributed by atoms with E-state index < -0.39 is 18.7 Å². The van der Waals surface area contributed by atoms with Crippen LogP contribution < -0.4 is 11.0 Å². The second kappa shape index (κ2) is 7.21. The van der Waals surface area contributed by atoms with E-state index in [0.717, 1.165) is 18.4 Å². The van der Waals surface area contributed by atoms with E-state index in [2.05, 4.69) is 15.1 Å². The van der Waals surface area contributed by atoms with Crippen molar-refractivity contribution in [1.29, 1.82) is 0 Å². The number of halogens is 3. The summed E-state index contributed by atoms with van der Waals surface area (Å²) in [6.45, 7) is 6.85. The molecule has 1 aliphatic rings. The number of alkyl halides is 2. The highest BCUT2D eigenvalue weighted by Crippen LogP contribution is 2.46. The highest BCUT2D eigenvalue weighted by molar-refractivity contribution is 6.32. The second-order valence-electron chi connectivity index (χ2n) is 6.62. The van der Waals surface area contributed by atoms with Crippen LogP contribution in [0.4, 0.5) is 20.3 Å². The molecule has 1 aliphatic carbocycles. The molecule has 142 valence electrons. The smallest absolute Gasteiger partial charge is 0.354 e. The lowest BCUT2D eigenvalue weighted by atomic mass is 10.0.